The first-order valence-electron chi connectivity index (χ1n) is 6.63. The normalized spacial score (nSPS) is 9.87. The van der Waals surface area contributed by atoms with Crippen molar-refractivity contribution < 1.29 is 23.5 Å². The van der Waals surface area contributed by atoms with Crippen molar-refractivity contribution in [2.45, 2.75) is 0 Å². The molecule has 0 aliphatic carbocycles. The molecule has 0 saturated heterocycles. The minimum absolute atomic E-state index is 0.0948. The largest absolute Gasteiger partial charge is 0.497 e. The molecule has 0 heterocycles. The van der Waals surface area contributed by atoms with Crippen molar-refractivity contribution in [3.05, 3.63) is 53.8 Å². The van der Waals surface area contributed by atoms with E-state index < -0.39 is 17.8 Å². The Balaban J connectivity index is 2.07. The lowest BCUT2D eigenvalue weighted by Crippen LogP contribution is -2.14. The summed E-state index contributed by atoms with van der Waals surface area (Å²) in [5.74, 6) is -0.929. The van der Waals surface area contributed by atoms with Crippen LogP contribution in [-0.4, -0.2) is 26.2 Å². The monoisotopic (exact) mass is 318 g/mol. The van der Waals surface area contributed by atoms with Gasteiger partial charge in [-0.05, 0) is 36.4 Å². The molecule has 0 saturated carbocycles. The summed E-state index contributed by atoms with van der Waals surface area (Å²) in [7, 11) is 2.67. The molecular formula is C16H15FN2O4. The van der Waals surface area contributed by atoms with Crippen molar-refractivity contribution in [2.24, 2.45) is 0 Å². The lowest BCUT2D eigenvalue weighted by Gasteiger charge is -2.08. The van der Waals surface area contributed by atoms with Gasteiger partial charge in [0.15, 0.2) is 0 Å². The van der Waals surface area contributed by atoms with Crippen molar-refractivity contribution >= 4 is 23.4 Å². The fourth-order valence-electron chi connectivity index (χ4n) is 1.81. The second-order valence-corrected chi connectivity index (χ2v) is 4.49. The highest BCUT2D eigenvalue weighted by Crippen LogP contribution is 2.19. The van der Waals surface area contributed by atoms with Crippen LogP contribution in [0.2, 0.25) is 0 Å². The molecule has 0 radical (unpaired) electrons. The molecule has 0 fully saturated rings. The number of carbonyl (C=O) groups is 2. The second-order valence-electron chi connectivity index (χ2n) is 4.49. The van der Waals surface area contributed by atoms with Crippen molar-refractivity contribution in [1.82, 2.24) is 0 Å². The van der Waals surface area contributed by atoms with Crippen molar-refractivity contribution in [2.75, 3.05) is 24.9 Å². The van der Waals surface area contributed by atoms with E-state index in [9.17, 15) is 14.0 Å². The Morgan fingerprint density at radius 2 is 1.57 bits per heavy atom. The van der Waals surface area contributed by atoms with Crippen LogP contribution in [0.1, 0.15) is 10.4 Å². The summed E-state index contributed by atoms with van der Waals surface area (Å²) in [6.07, 6.45) is -0.595. The predicted molar refractivity (Wildman–Crippen MR) is 83.4 cm³/mol. The number of hydrogen-bond donors (Lipinski definition) is 2. The SMILES string of the molecule is COC(=O)Nc1ccc(NC(=O)c2ccc(OC)cc2F)cc1. The van der Waals surface area contributed by atoms with Crippen LogP contribution in [0.4, 0.5) is 20.6 Å². The Hall–Kier alpha value is -3.09. The minimum Gasteiger partial charge on any atom is -0.497 e. The molecule has 2 amide bonds. The van der Waals surface area contributed by atoms with Gasteiger partial charge >= 0.3 is 6.09 Å². The number of ether oxygens (including phenoxy) is 2. The van der Waals surface area contributed by atoms with Crippen molar-refractivity contribution in [1.29, 1.82) is 0 Å². The standard InChI is InChI=1S/C16H15FN2O4/c1-22-12-7-8-13(14(17)9-12)15(20)18-10-3-5-11(6-4-10)19-16(21)23-2/h3-9H,1-2H3,(H,18,20)(H,19,21). The van der Waals surface area contributed by atoms with Crippen LogP contribution in [0.15, 0.2) is 42.5 Å². The van der Waals surface area contributed by atoms with Gasteiger partial charge in [0.1, 0.15) is 11.6 Å². The van der Waals surface area contributed by atoms with E-state index in [2.05, 4.69) is 15.4 Å². The molecule has 0 spiro atoms. The third-order valence-corrected chi connectivity index (χ3v) is 3.00. The minimum atomic E-state index is -0.675. The van der Waals surface area contributed by atoms with Gasteiger partial charge in [-0.2, -0.15) is 0 Å². The van der Waals surface area contributed by atoms with Gasteiger partial charge in [-0.15, -0.1) is 0 Å². The van der Waals surface area contributed by atoms with Crippen LogP contribution >= 0.6 is 0 Å². The molecule has 120 valence electrons. The van der Waals surface area contributed by atoms with Gasteiger partial charge < -0.3 is 14.8 Å². The fraction of sp³-hybridized carbons (Fsp3) is 0.125. The van der Waals surface area contributed by atoms with E-state index in [0.29, 0.717) is 17.1 Å². The van der Waals surface area contributed by atoms with E-state index in [-0.39, 0.29) is 5.56 Å². The Labute approximate surface area is 132 Å². The topological polar surface area (TPSA) is 76.7 Å². The maximum Gasteiger partial charge on any atom is 0.411 e. The predicted octanol–water partition coefficient (Wildman–Crippen LogP) is 3.26. The quantitative estimate of drug-likeness (QED) is 0.907. The van der Waals surface area contributed by atoms with E-state index in [1.54, 1.807) is 24.3 Å². The lowest BCUT2D eigenvalue weighted by molar-refractivity contribution is 0.102. The molecule has 7 heteroatoms. The van der Waals surface area contributed by atoms with Gasteiger partial charge in [-0.25, -0.2) is 9.18 Å². The molecule has 2 rings (SSSR count). The van der Waals surface area contributed by atoms with E-state index in [1.807, 2.05) is 0 Å². The van der Waals surface area contributed by atoms with E-state index in [0.717, 1.165) is 6.07 Å². The fourth-order valence-corrected chi connectivity index (χ4v) is 1.81. The summed E-state index contributed by atoms with van der Waals surface area (Å²) in [4.78, 5) is 23.1. The van der Waals surface area contributed by atoms with Crippen LogP contribution in [0, 0.1) is 5.82 Å². The Bertz CT molecular complexity index is 717. The molecule has 0 bridgehead atoms. The van der Waals surface area contributed by atoms with Gasteiger partial charge in [-0.3, -0.25) is 10.1 Å². The van der Waals surface area contributed by atoms with Gasteiger partial charge in [0.2, 0.25) is 0 Å². The number of carbonyl (C=O) groups excluding carboxylic acids is 2. The zero-order valence-electron chi connectivity index (χ0n) is 12.6. The number of rotatable bonds is 4. The van der Waals surface area contributed by atoms with Gasteiger partial charge in [0.05, 0.1) is 19.8 Å². The summed E-state index contributed by atoms with van der Waals surface area (Å²) in [6, 6.07) is 10.3. The zero-order valence-corrected chi connectivity index (χ0v) is 12.6. The highest BCUT2D eigenvalue weighted by Gasteiger charge is 2.13. The van der Waals surface area contributed by atoms with E-state index >= 15 is 0 Å². The van der Waals surface area contributed by atoms with Crippen molar-refractivity contribution in [3.8, 4) is 5.75 Å². The molecule has 0 aliphatic heterocycles. The zero-order chi connectivity index (χ0) is 16.8. The third kappa shape index (κ3) is 4.19. The second kappa shape index (κ2) is 7.26. The number of amides is 2. The molecule has 23 heavy (non-hydrogen) atoms. The van der Waals surface area contributed by atoms with Crippen LogP contribution < -0.4 is 15.4 Å². The Morgan fingerprint density at radius 1 is 0.957 bits per heavy atom. The molecule has 2 aromatic rings. The van der Waals surface area contributed by atoms with Crippen LogP contribution in [0.25, 0.3) is 0 Å². The van der Waals surface area contributed by atoms with E-state index in [4.69, 9.17) is 4.74 Å². The molecule has 0 aliphatic rings. The molecule has 0 atom stereocenters. The van der Waals surface area contributed by atoms with Gasteiger partial charge in [0.25, 0.3) is 5.91 Å². The molecule has 0 unspecified atom stereocenters. The lowest BCUT2D eigenvalue weighted by atomic mass is 10.2. The third-order valence-electron chi connectivity index (χ3n) is 3.00. The Morgan fingerprint density at radius 3 is 2.09 bits per heavy atom. The first-order valence-corrected chi connectivity index (χ1v) is 6.63. The number of anilines is 2. The smallest absolute Gasteiger partial charge is 0.411 e. The number of benzene rings is 2. The summed E-state index contributed by atoms with van der Waals surface area (Å²) in [5.41, 5.74) is 0.869. The average Bonchev–Trinajstić information content (AvgIpc) is 2.56. The first-order chi connectivity index (χ1) is 11.0. The maximum atomic E-state index is 13.8. The summed E-state index contributed by atoms with van der Waals surface area (Å²) in [6.45, 7) is 0. The average molecular weight is 318 g/mol. The Kier molecular flexibility index (Phi) is 5.14. The van der Waals surface area contributed by atoms with Gasteiger partial charge in [-0.1, -0.05) is 0 Å². The van der Waals surface area contributed by atoms with Crippen molar-refractivity contribution in [3.63, 3.8) is 0 Å². The van der Waals surface area contributed by atoms with E-state index in [1.165, 1.54) is 26.4 Å². The first kappa shape index (κ1) is 16.3. The highest BCUT2D eigenvalue weighted by molar-refractivity contribution is 6.04. The van der Waals surface area contributed by atoms with Crippen LogP contribution in [0.3, 0.4) is 0 Å². The highest BCUT2D eigenvalue weighted by atomic mass is 19.1. The summed E-state index contributed by atoms with van der Waals surface area (Å²) < 4.78 is 23.2. The summed E-state index contributed by atoms with van der Waals surface area (Å²) >= 11 is 0. The molecule has 2 N–H and O–H groups in total. The number of halogens is 1. The summed E-state index contributed by atoms with van der Waals surface area (Å²) in [5, 5.41) is 5.05. The number of nitrogens with one attached hydrogen (secondary N) is 2. The maximum absolute atomic E-state index is 13.8. The van der Waals surface area contributed by atoms with Crippen LogP contribution in [0.5, 0.6) is 5.75 Å². The molecule has 2 aromatic carbocycles. The number of methoxy groups -OCH3 is 2. The van der Waals surface area contributed by atoms with Crippen LogP contribution in [-0.2, 0) is 4.74 Å². The van der Waals surface area contributed by atoms with Gasteiger partial charge in [0, 0.05) is 17.4 Å². The molecule has 6 nitrogen and oxygen atoms in total. The number of hydrogen-bond acceptors (Lipinski definition) is 4. The molecule has 0 aromatic heterocycles. The molecular weight excluding hydrogens is 303 g/mol.